The van der Waals surface area contributed by atoms with Crippen LogP contribution in [0.15, 0.2) is 0 Å². The molecule has 82 valence electrons. The van der Waals surface area contributed by atoms with Gasteiger partial charge in [-0.1, -0.05) is 0 Å². The van der Waals surface area contributed by atoms with Gasteiger partial charge in [-0.15, -0.1) is 0 Å². The monoisotopic (exact) mass is 199 g/mol. The molecule has 0 aromatic carbocycles. The molecule has 1 atom stereocenters. The fraction of sp³-hybridized carbons (Fsp3) is 0.900. The fourth-order valence-corrected chi connectivity index (χ4v) is 1.74. The van der Waals surface area contributed by atoms with E-state index in [1.165, 1.54) is 0 Å². The van der Waals surface area contributed by atoms with Gasteiger partial charge in [0.15, 0.2) is 0 Å². The maximum atomic E-state index is 11.7. The summed E-state index contributed by atoms with van der Waals surface area (Å²) in [5.74, 6) is 0.211. The number of nitrogens with zero attached hydrogens (tertiary/aromatic N) is 2. The molecule has 1 amide bonds. The summed E-state index contributed by atoms with van der Waals surface area (Å²) >= 11 is 0. The summed E-state index contributed by atoms with van der Waals surface area (Å²) in [7, 11) is 0. The van der Waals surface area contributed by atoms with Crippen molar-refractivity contribution in [1.82, 2.24) is 9.80 Å². The van der Waals surface area contributed by atoms with E-state index in [4.69, 9.17) is 5.73 Å². The molecule has 0 aliphatic carbocycles. The lowest BCUT2D eigenvalue weighted by atomic mass is 10.2. The van der Waals surface area contributed by atoms with Gasteiger partial charge in [0.05, 0.1) is 6.54 Å². The van der Waals surface area contributed by atoms with Crippen LogP contribution in [0.2, 0.25) is 0 Å². The molecule has 1 rings (SSSR count). The predicted molar refractivity (Wildman–Crippen MR) is 56.9 cm³/mol. The van der Waals surface area contributed by atoms with Crippen LogP contribution in [0, 0.1) is 0 Å². The van der Waals surface area contributed by atoms with Crippen LogP contribution >= 0.6 is 0 Å². The first kappa shape index (κ1) is 11.5. The van der Waals surface area contributed by atoms with E-state index < -0.39 is 0 Å². The van der Waals surface area contributed by atoms with Crippen molar-refractivity contribution in [2.24, 2.45) is 5.73 Å². The molecule has 0 aromatic heterocycles. The minimum absolute atomic E-state index is 0.178. The minimum Gasteiger partial charge on any atom is -0.336 e. The van der Waals surface area contributed by atoms with E-state index in [9.17, 15) is 4.79 Å². The highest BCUT2D eigenvalue weighted by molar-refractivity contribution is 5.79. The van der Waals surface area contributed by atoms with E-state index >= 15 is 0 Å². The average molecular weight is 199 g/mol. The Morgan fingerprint density at radius 3 is 2.43 bits per heavy atom. The summed E-state index contributed by atoms with van der Waals surface area (Å²) in [6.07, 6.45) is 0. The molecule has 0 spiro atoms. The van der Waals surface area contributed by atoms with E-state index in [1.54, 1.807) is 0 Å². The Labute approximate surface area is 86.0 Å². The third-order valence-electron chi connectivity index (χ3n) is 2.89. The number of nitrogens with two attached hydrogens (primary N) is 1. The second-order valence-corrected chi connectivity index (χ2v) is 4.24. The first-order valence-corrected chi connectivity index (χ1v) is 5.29. The van der Waals surface area contributed by atoms with Gasteiger partial charge in [0.1, 0.15) is 0 Å². The van der Waals surface area contributed by atoms with Gasteiger partial charge in [-0.3, -0.25) is 9.69 Å². The van der Waals surface area contributed by atoms with Crippen molar-refractivity contribution in [3.8, 4) is 0 Å². The first-order chi connectivity index (χ1) is 6.56. The van der Waals surface area contributed by atoms with Crippen LogP contribution < -0.4 is 5.73 Å². The molecule has 2 N–H and O–H groups in total. The first-order valence-electron chi connectivity index (χ1n) is 5.29. The van der Waals surface area contributed by atoms with Crippen LogP contribution in [0.1, 0.15) is 20.8 Å². The van der Waals surface area contributed by atoms with Crippen molar-refractivity contribution in [3.63, 3.8) is 0 Å². The topological polar surface area (TPSA) is 49.6 Å². The lowest BCUT2D eigenvalue weighted by molar-refractivity contribution is -0.138. The molecule has 0 bridgehead atoms. The van der Waals surface area contributed by atoms with Crippen molar-refractivity contribution in [1.29, 1.82) is 0 Å². The van der Waals surface area contributed by atoms with E-state index in [-0.39, 0.29) is 11.9 Å². The van der Waals surface area contributed by atoms with Gasteiger partial charge < -0.3 is 10.6 Å². The fourth-order valence-electron chi connectivity index (χ4n) is 1.74. The molecular weight excluding hydrogens is 178 g/mol. The number of carbonyl (C=O) groups excluding carboxylic acids is 1. The Hall–Kier alpha value is -0.610. The van der Waals surface area contributed by atoms with Crippen LogP contribution in [0.4, 0.5) is 0 Å². The Morgan fingerprint density at radius 2 is 2.00 bits per heavy atom. The molecule has 1 saturated heterocycles. The summed E-state index contributed by atoms with van der Waals surface area (Å²) in [4.78, 5) is 15.8. The zero-order valence-electron chi connectivity index (χ0n) is 9.36. The van der Waals surface area contributed by atoms with Gasteiger partial charge in [-0.2, -0.15) is 0 Å². The third kappa shape index (κ3) is 2.45. The maximum absolute atomic E-state index is 11.7. The molecule has 1 unspecified atom stereocenters. The molecule has 1 aliphatic rings. The lowest BCUT2D eigenvalue weighted by Gasteiger charge is -2.39. The van der Waals surface area contributed by atoms with Crippen LogP contribution in [-0.4, -0.2) is 54.0 Å². The molecule has 0 radical (unpaired) electrons. The van der Waals surface area contributed by atoms with Crippen LogP contribution in [-0.2, 0) is 4.79 Å². The highest BCUT2D eigenvalue weighted by atomic mass is 16.2. The molecule has 4 nitrogen and oxygen atoms in total. The molecular formula is C10H21N3O. The Bertz CT molecular complexity index is 206. The van der Waals surface area contributed by atoms with Crippen molar-refractivity contribution >= 4 is 5.91 Å². The molecule has 1 heterocycles. The van der Waals surface area contributed by atoms with E-state index in [0.29, 0.717) is 19.1 Å². The summed E-state index contributed by atoms with van der Waals surface area (Å²) in [6.45, 7) is 9.12. The average Bonchev–Trinajstić information content (AvgIpc) is 2.16. The number of hydrogen-bond acceptors (Lipinski definition) is 3. The Morgan fingerprint density at radius 1 is 1.36 bits per heavy atom. The summed E-state index contributed by atoms with van der Waals surface area (Å²) < 4.78 is 0. The molecule has 1 aliphatic heterocycles. The quantitative estimate of drug-likeness (QED) is 0.690. The second kappa shape index (κ2) is 4.75. The van der Waals surface area contributed by atoms with E-state index in [0.717, 1.165) is 13.1 Å². The predicted octanol–water partition coefficient (Wildman–Crippen LogP) is -0.114. The van der Waals surface area contributed by atoms with Crippen molar-refractivity contribution in [2.75, 3.05) is 26.2 Å². The van der Waals surface area contributed by atoms with Crippen molar-refractivity contribution in [3.05, 3.63) is 0 Å². The normalized spacial score (nSPS) is 21.8. The summed E-state index contributed by atoms with van der Waals surface area (Å²) in [5, 5.41) is 0. The van der Waals surface area contributed by atoms with Gasteiger partial charge >= 0.3 is 0 Å². The number of carbonyl (C=O) groups is 1. The lowest BCUT2D eigenvalue weighted by Crippen LogP contribution is -2.56. The largest absolute Gasteiger partial charge is 0.336 e. The maximum Gasteiger partial charge on any atom is 0.237 e. The van der Waals surface area contributed by atoms with Gasteiger partial charge in [0, 0.05) is 31.7 Å². The minimum atomic E-state index is 0.178. The zero-order chi connectivity index (χ0) is 10.7. The van der Waals surface area contributed by atoms with E-state index in [1.807, 2.05) is 11.8 Å². The van der Waals surface area contributed by atoms with Crippen LogP contribution in [0.3, 0.4) is 0 Å². The Balaban J connectivity index is 2.52. The van der Waals surface area contributed by atoms with Gasteiger partial charge in [0.2, 0.25) is 5.91 Å². The van der Waals surface area contributed by atoms with Gasteiger partial charge in [0.25, 0.3) is 0 Å². The number of piperazine rings is 1. The van der Waals surface area contributed by atoms with E-state index in [2.05, 4.69) is 18.7 Å². The van der Waals surface area contributed by atoms with Crippen LogP contribution in [0.5, 0.6) is 0 Å². The number of hydrogen-bond donors (Lipinski definition) is 1. The van der Waals surface area contributed by atoms with Gasteiger partial charge in [-0.05, 0) is 20.8 Å². The molecule has 0 saturated carbocycles. The highest BCUT2D eigenvalue weighted by Gasteiger charge is 2.27. The SMILES string of the molecule is CC(C)N1CCN(C(C)CN)C(=O)C1. The molecule has 14 heavy (non-hydrogen) atoms. The second-order valence-electron chi connectivity index (χ2n) is 4.24. The van der Waals surface area contributed by atoms with Crippen LogP contribution in [0.25, 0.3) is 0 Å². The number of rotatable bonds is 3. The van der Waals surface area contributed by atoms with Crippen molar-refractivity contribution in [2.45, 2.75) is 32.9 Å². The zero-order valence-corrected chi connectivity index (χ0v) is 9.36. The number of amides is 1. The summed E-state index contributed by atoms with van der Waals surface area (Å²) in [5.41, 5.74) is 5.55. The third-order valence-corrected chi connectivity index (χ3v) is 2.89. The highest BCUT2D eigenvalue weighted by Crippen LogP contribution is 2.09. The smallest absolute Gasteiger partial charge is 0.237 e. The van der Waals surface area contributed by atoms with Crippen molar-refractivity contribution < 1.29 is 4.79 Å². The summed E-state index contributed by atoms with van der Waals surface area (Å²) in [6, 6.07) is 0.631. The molecule has 1 fully saturated rings. The molecule has 0 aromatic rings. The van der Waals surface area contributed by atoms with Gasteiger partial charge in [-0.25, -0.2) is 0 Å². The molecule has 4 heteroatoms. The Kier molecular flexibility index (Phi) is 3.89. The standard InChI is InChI=1S/C10H21N3O/c1-8(2)12-4-5-13(9(3)6-11)10(14)7-12/h8-9H,4-7,11H2,1-3H3.